The number of likely N-dealkylation sites (N-methyl/N-ethyl adjacent to an activating group) is 1. The minimum Gasteiger partial charge on any atom is -0.311 e. The molecule has 0 aromatic carbocycles. The standard InChI is InChI=1S/C13H27N/c1-8-14-12(10(2)3)9-11(4)13(5,6)7/h11-12,14H,2,8-9H2,1,3-7H3. The van der Waals surface area contributed by atoms with Crippen LogP contribution in [-0.4, -0.2) is 12.6 Å². The van der Waals surface area contributed by atoms with Crippen LogP contribution in [-0.2, 0) is 0 Å². The minimum absolute atomic E-state index is 0.392. The van der Waals surface area contributed by atoms with Crippen LogP contribution in [0.1, 0.15) is 48.0 Å². The van der Waals surface area contributed by atoms with Gasteiger partial charge in [-0.15, -0.1) is 0 Å². The highest BCUT2D eigenvalue weighted by atomic mass is 14.9. The Kier molecular flexibility index (Phi) is 5.43. The van der Waals surface area contributed by atoms with Crippen molar-refractivity contribution in [2.75, 3.05) is 6.54 Å². The zero-order valence-corrected chi connectivity index (χ0v) is 10.8. The second kappa shape index (κ2) is 5.55. The molecule has 0 aliphatic rings. The van der Waals surface area contributed by atoms with Crippen molar-refractivity contribution in [3.63, 3.8) is 0 Å². The maximum atomic E-state index is 4.05. The molecule has 0 saturated heterocycles. The van der Waals surface area contributed by atoms with E-state index in [1.54, 1.807) is 0 Å². The third-order valence-corrected chi connectivity index (χ3v) is 3.11. The van der Waals surface area contributed by atoms with Gasteiger partial charge in [-0.2, -0.15) is 0 Å². The molecule has 14 heavy (non-hydrogen) atoms. The molecule has 0 heterocycles. The highest BCUT2D eigenvalue weighted by Crippen LogP contribution is 2.30. The molecule has 84 valence electrons. The summed E-state index contributed by atoms with van der Waals surface area (Å²) in [6.45, 7) is 18.6. The molecule has 0 saturated carbocycles. The molecule has 0 rings (SSSR count). The van der Waals surface area contributed by atoms with E-state index in [0.717, 1.165) is 6.54 Å². The summed E-state index contributed by atoms with van der Waals surface area (Å²) in [5, 5.41) is 3.49. The van der Waals surface area contributed by atoms with Crippen molar-refractivity contribution >= 4 is 0 Å². The van der Waals surface area contributed by atoms with E-state index in [1.165, 1.54) is 12.0 Å². The van der Waals surface area contributed by atoms with Crippen LogP contribution in [0.2, 0.25) is 0 Å². The summed E-state index contributed by atoms with van der Waals surface area (Å²) in [7, 11) is 0. The lowest BCUT2D eigenvalue weighted by Gasteiger charge is -2.31. The fourth-order valence-electron chi connectivity index (χ4n) is 1.41. The Morgan fingerprint density at radius 3 is 2.14 bits per heavy atom. The molecule has 2 unspecified atom stereocenters. The van der Waals surface area contributed by atoms with E-state index in [1.807, 2.05) is 0 Å². The lowest BCUT2D eigenvalue weighted by Crippen LogP contribution is -2.34. The van der Waals surface area contributed by atoms with E-state index in [0.29, 0.717) is 17.4 Å². The van der Waals surface area contributed by atoms with E-state index in [2.05, 4.69) is 53.4 Å². The van der Waals surface area contributed by atoms with Crippen molar-refractivity contribution < 1.29 is 0 Å². The highest BCUT2D eigenvalue weighted by Gasteiger charge is 2.23. The Bertz CT molecular complexity index is 176. The largest absolute Gasteiger partial charge is 0.311 e. The van der Waals surface area contributed by atoms with Crippen LogP contribution in [0.4, 0.5) is 0 Å². The Hall–Kier alpha value is -0.300. The highest BCUT2D eigenvalue weighted by molar-refractivity contribution is 5.02. The molecule has 0 radical (unpaired) electrons. The molecule has 0 aliphatic heterocycles. The minimum atomic E-state index is 0.392. The van der Waals surface area contributed by atoms with Gasteiger partial charge in [0.15, 0.2) is 0 Å². The van der Waals surface area contributed by atoms with Gasteiger partial charge >= 0.3 is 0 Å². The molecular weight excluding hydrogens is 170 g/mol. The quantitative estimate of drug-likeness (QED) is 0.664. The number of hydrogen-bond donors (Lipinski definition) is 1. The van der Waals surface area contributed by atoms with E-state index >= 15 is 0 Å². The third kappa shape index (κ3) is 4.80. The van der Waals surface area contributed by atoms with Crippen molar-refractivity contribution in [2.24, 2.45) is 11.3 Å². The molecular formula is C13H27N. The molecule has 0 aromatic rings. The van der Waals surface area contributed by atoms with E-state index < -0.39 is 0 Å². The molecule has 1 heteroatoms. The van der Waals surface area contributed by atoms with Crippen LogP contribution >= 0.6 is 0 Å². The summed E-state index contributed by atoms with van der Waals surface area (Å²) >= 11 is 0. The monoisotopic (exact) mass is 197 g/mol. The topological polar surface area (TPSA) is 12.0 Å². The summed E-state index contributed by atoms with van der Waals surface area (Å²) in [5.41, 5.74) is 1.64. The van der Waals surface area contributed by atoms with Gasteiger partial charge in [-0.05, 0) is 31.2 Å². The smallest absolute Gasteiger partial charge is 0.0276 e. The second-order valence-corrected chi connectivity index (χ2v) is 5.46. The van der Waals surface area contributed by atoms with E-state index in [-0.39, 0.29) is 0 Å². The van der Waals surface area contributed by atoms with Crippen LogP contribution in [0.5, 0.6) is 0 Å². The summed E-state index contributed by atoms with van der Waals surface area (Å²) in [6.07, 6.45) is 1.19. The van der Waals surface area contributed by atoms with Crippen LogP contribution in [0.15, 0.2) is 12.2 Å². The van der Waals surface area contributed by atoms with Crippen LogP contribution in [0, 0.1) is 11.3 Å². The molecule has 1 nitrogen and oxygen atoms in total. The summed E-state index contributed by atoms with van der Waals surface area (Å²) in [4.78, 5) is 0. The molecule has 0 amide bonds. The van der Waals surface area contributed by atoms with Crippen molar-refractivity contribution in [1.29, 1.82) is 0 Å². The van der Waals surface area contributed by atoms with Crippen LogP contribution in [0.3, 0.4) is 0 Å². The first-order valence-corrected chi connectivity index (χ1v) is 5.67. The molecule has 0 aliphatic carbocycles. The number of nitrogens with one attached hydrogen (secondary N) is 1. The molecule has 1 N–H and O–H groups in total. The first kappa shape index (κ1) is 13.7. The first-order chi connectivity index (χ1) is 6.29. The second-order valence-electron chi connectivity index (χ2n) is 5.46. The van der Waals surface area contributed by atoms with Crippen LogP contribution < -0.4 is 5.32 Å². The van der Waals surface area contributed by atoms with Crippen molar-refractivity contribution in [1.82, 2.24) is 5.32 Å². The Morgan fingerprint density at radius 1 is 1.36 bits per heavy atom. The van der Waals surface area contributed by atoms with Crippen molar-refractivity contribution in [3.8, 4) is 0 Å². The van der Waals surface area contributed by atoms with Gasteiger partial charge in [-0.3, -0.25) is 0 Å². The maximum absolute atomic E-state index is 4.05. The summed E-state index contributed by atoms with van der Waals surface area (Å²) in [6, 6.07) is 0.481. The summed E-state index contributed by atoms with van der Waals surface area (Å²) in [5.74, 6) is 0.711. The lowest BCUT2D eigenvalue weighted by atomic mass is 9.78. The van der Waals surface area contributed by atoms with Gasteiger partial charge in [0, 0.05) is 6.04 Å². The Balaban J connectivity index is 4.23. The lowest BCUT2D eigenvalue weighted by molar-refractivity contribution is 0.231. The third-order valence-electron chi connectivity index (χ3n) is 3.11. The molecule has 0 spiro atoms. The van der Waals surface area contributed by atoms with Gasteiger partial charge in [-0.1, -0.05) is 46.8 Å². The maximum Gasteiger partial charge on any atom is 0.0276 e. The van der Waals surface area contributed by atoms with Gasteiger partial charge in [0.1, 0.15) is 0 Å². The fourth-order valence-corrected chi connectivity index (χ4v) is 1.41. The van der Waals surface area contributed by atoms with Gasteiger partial charge < -0.3 is 5.32 Å². The van der Waals surface area contributed by atoms with E-state index in [9.17, 15) is 0 Å². The summed E-state index contributed by atoms with van der Waals surface area (Å²) < 4.78 is 0. The van der Waals surface area contributed by atoms with Crippen molar-refractivity contribution in [3.05, 3.63) is 12.2 Å². The number of hydrogen-bond acceptors (Lipinski definition) is 1. The van der Waals surface area contributed by atoms with E-state index in [4.69, 9.17) is 0 Å². The molecule has 0 bridgehead atoms. The SMILES string of the molecule is C=C(C)C(CC(C)C(C)(C)C)NCC. The molecule has 0 aromatic heterocycles. The average molecular weight is 197 g/mol. The van der Waals surface area contributed by atoms with Gasteiger partial charge in [-0.25, -0.2) is 0 Å². The Morgan fingerprint density at radius 2 is 1.86 bits per heavy atom. The fraction of sp³-hybridized carbons (Fsp3) is 0.846. The predicted octanol–water partition coefficient (Wildman–Crippen LogP) is 3.61. The normalized spacial score (nSPS) is 16.4. The zero-order chi connectivity index (χ0) is 11.4. The zero-order valence-electron chi connectivity index (χ0n) is 10.8. The number of rotatable bonds is 5. The molecule has 0 fully saturated rings. The predicted molar refractivity (Wildman–Crippen MR) is 65.5 cm³/mol. The van der Waals surface area contributed by atoms with Crippen molar-refractivity contribution in [2.45, 2.75) is 54.0 Å². The molecule has 2 atom stereocenters. The van der Waals surface area contributed by atoms with Gasteiger partial charge in [0.2, 0.25) is 0 Å². The van der Waals surface area contributed by atoms with Gasteiger partial charge in [0.05, 0.1) is 0 Å². The Labute approximate surface area is 90.0 Å². The van der Waals surface area contributed by atoms with Crippen LogP contribution in [0.25, 0.3) is 0 Å². The van der Waals surface area contributed by atoms with Gasteiger partial charge in [0.25, 0.3) is 0 Å². The average Bonchev–Trinajstić information content (AvgIpc) is 2.01. The first-order valence-electron chi connectivity index (χ1n) is 5.67.